The van der Waals surface area contributed by atoms with Gasteiger partial charge in [-0.1, -0.05) is 11.6 Å². The summed E-state index contributed by atoms with van der Waals surface area (Å²) in [6.07, 6.45) is 1.75. The number of nitrogen functional groups attached to an aromatic ring is 1. The van der Waals surface area contributed by atoms with Crippen LogP contribution >= 0.6 is 11.6 Å². The fourth-order valence-electron chi connectivity index (χ4n) is 2.74. The van der Waals surface area contributed by atoms with Gasteiger partial charge in [0.2, 0.25) is 0 Å². The van der Waals surface area contributed by atoms with Gasteiger partial charge in [0.15, 0.2) is 0 Å². The van der Waals surface area contributed by atoms with Gasteiger partial charge >= 0.3 is 0 Å². The van der Waals surface area contributed by atoms with Gasteiger partial charge in [-0.3, -0.25) is 4.98 Å². The van der Waals surface area contributed by atoms with Crippen LogP contribution < -0.4 is 5.73 Å². The normalized spacial score (nSPS) is 11.5. The van der Waals surface area contributed by atoms with Crippen LogP contribution in [0.25, 0.3) is 22.2 Å². The maximum Gasteiger partial charge on any atom is 0.132 e. The Labute approximate surface area is 128 Å². The molecule has 1 aromatic carbocycles. The van der Waals surface area contributed by atoms with E-state index in [0.29, 0.717) is 10.8 Å². The lowest BCUT2D eigenvalue weighted by molar-refractivity contribution is 0.590. The maximum atomic E-state index is 6.31. The number of hydrogen-bond acceptors (Lipinski definition) is 3. The Balaban J connectivity index is 2.32. The molecule has 3 rings (SSSR count). The molecule has 0 unspecified atom stereocenters. The predicted molar refractivity (Wildman–Crippen MR) is 87.5 cm³/mol. The van der Waals surface area contributed by atoms with Gasteiger partial charge in [-0.05, 0) is 45.0 Å². The summed E-state index contributed by atoms with van der Waals surface area (Å²) in [5.74, 6) is 1.56. The van der Waals surface area contributed by atoms with E-state index in [1.165, 1.54) is 0 Å². The summed E-state index contributed by atoms with van der Waals surface area (Å²) >= 11 is 6.25. The molecule has 21 heavy (non-hydrogen) atoms. The number of halogens is 1. The summed E-state index contributed by atoms with van der Waals surface area (Å²) in [5, 5.41) is 1.59. The van der Waals surface area contributed by atoms with Crippen molar-refractivity contribution in [2.45, 2.75) is 26.8 Å². The monoisotopic (exact) mass is 300 g/mol. The van der Waals surface area contributed by atoms with Crippen molar-refractivity contribution in [1.29, 1.82) is 0 Å². The first-order valence-electron chi connectivity index (χ1n) is 6.88. The van der Waals surface area contributed by atoms with Crippen molar-refractivity contribution in [2.24, 2.45) is 0 Å². The Hall–Kier alpha value is -2.07. The molecule has 0 aliphatic carbocycles. The van der Waals surface area contributed by atoms with Gasteiger partial charge in [-0.25, -0.2) is 4.98 Å². The number of nitrogens with two attached hydrogens (primary N) is 1. The van der Waals surface area contributed by atoms with Gasteiger partial charge in [0.25, 0.3) is 0 Å². The lowest BCUT2D eigenvalue weighted by atomic mass is 10.1. The van der Waals surface area contributed by atoms with E-state index in [4.69, 9.17) is 17.3 Å². The standard InChI is InChI=1S/C16H17ClN4/c1-9(2)21-10(3)20-15(16(21)18)12-6-7-13(17)11-5-4-8-19-14(11)12/h4-9H,18H2,1-3H3. The molecule has 2 heterocycles. The zero-order valence-corrected chi connectivity index (χ0v) is 13.0. The Kier molecular flexibility index (Phi) is 3.33. The Morgan fingerprint density at radius 3 is 2.67 bits per heavy atom. The predicted octanol–water partition coefficient (Wildman–Crippen LogP) is 4.22. The number of hydrogen-bond donors (Lipinski definition) is 1. The van der Waals surface area contributed by atoms with Crippen LogP contribution in [0.4, 0.5) is 5.82 Å². The van der Waals surface area contributed by atoms with Crippen LogP contribution in [0.3, 0.4) is 0 Å². The summed E-state index contributed by atoms with van der Waals surface area (Å²) in [6, 6.07) is 7.89. The fraction of sp³-hybridized carbons (Fsp3) is 0.250. The zero-order chi connectivity index (χ0) is 15.1. The average Bonchev–Trinajstić information content (AvgIpc) is 2.75. The number of imidazole rings is 1. The third-order valence-electron chi connectivity index (χ3n) is 3.61. The molecule has 2 aromatic heterocycles. The van der Waals surface area contributed by atoms with Gasteiger partial charge in [-0.15, -0.1) is 0 Å². The highest BCUT2D eigenvalue weighted by atomic mass is 35.5. The second-order valence-electron chi connectivity index (χ2n) is 5.35. The highest BCUT2D eigenvalue weighted by Crippen LogP contribution is 2.35. The van der Waals surface area contributed by atoms with Crippen molar-refractivity contribution in [1.82, 2.24) is 14.5 Å². The molecule has 0 saturated carbocycles. The molecule has 0 bridgehead atoms. The Bertz CT molecular complexity index is 821. The summed E-state index contributed by atoms with van der Waals surface area (Å²) in [6.45, 7) is 6.14. The number of nitrogens with zero attached hydrogens (tertiary/aromatic N) is 3. The molecule has 5 heteroatoms. The minimum Gasteiger partial charge on any atom is -0.383 e. The first kappa shape index (κ1) is 13.9. The number of aryl methyl sites for hydroxylation is 1. The topological polar surface area (TPSA) is 56.7 Å². The van der Waals surface area contributed by atoms with Crippen molar-refractivity contribution >= 4 is 28.3 Å². The van der Waals surface area contributed by atoms with E-state index < -0.39 is 0 Å². The molecule has 108 valence electrons. The van der Waals surface area contributed by atoms with Crippen molar-refractivity contribution in [3.8, 4) is 11.3 Å². The molecular formula is C16H17ClN4. The van der Waals surface area contributed by atoms with Gasteiger partial charge in [0.1, 0.15) is 17.3 Å². The van der Waals surface area contributed by atoms with E-state index in [9.17, 15) is 0 Å². The molecule has 0 aliphatic rings. The highest BCUT2D eigenvalue weighted by Gasteiger charge is 2.18. The van der Waals surface area contributed by atoms with E-state index in [2.05, 4.69) is 23.8 Å². The number of rotatable bonds is 2. The van der Waals surface area contributed by atoms with Crippen molar-refractivity contribution in [2.75, 3.05) is 5.73 Å². The molecule has 0 atom stereocenters. The van der Waals surface area contributed by atoms with Crippen LogP contribution in [0.15, 0.2) is 30.5 Å². The van der Waals surface area contributed by atoms with Crippen LogP contribution in [0.5, 0.6) is 0 Å². The molecule has 2 N–H and O–H groups in total. The SMILES string of the molecule is Cc1nc(-c2ccc(Cl)c3cccnc23)c(N)n1C(C)C. The first-order valence-corrected chi connectivity index (χ1v) is 7.26. The number of aromatic nitrogens is 3. The molecule has 0 spiro atoms. The van der Waals surface area contributed by atoms with Crippen LogP contribution in [-0.2, 0) is 0 Å². The largest absolute Gasteiger partial charge is 0.383 e. The first-order chi connectivity index (χ1) is 10.0. The average molecular weight is 301 g/mol. The van der Waals surface area contributed by atoms with E-state index >= 15 is 0 Å². The van der Waals surface area contributed by atoms with E-state index in [-0.39, 0.29) is 6.04 Å². The van der Waals surface area contributed by atoms with Gasteiger partial charge in [0, 0.05) is 23.2 Å². The molecule has 3 aromatic rings. The molecule has 0 radical (unpaired) electrons. The Morgan fingerprint density at radius 1 is 1.24 bits per heavy atom. The molecule has 0 fully saturated rings. The van der Waals surface area contributed by atoms with Crippen molar-refractivity contribution < 1.29 is 0 Å². The third-order valence-corrected chi connectivity index (χ3v) is 3.94. The van der Waals surface area contributed by atoms with E-state index in [1.54, 1.807) is 6.20 Å². The quantitative estimate of drug-likeness (QED) is 0.771. The summed E-state index contributed by atoms with van der Waals surface area (Å²) in [7, 11) is 0. The number of fused-ring (bicyclic) bond motifs is 1. The van der Waals surface area contributed by atoms with Crippen molar-refractivity contribution in [3.63, 3.8) is 0 Å². The molecule has 0 amide bonds. The molecule has 0 aliphatic heterocycles. The van der Waals surface area contributed by atoms with Crippen LogP contribution in [0.1, 0.15) is 25.7 Å². The number of benzene rings is 1. The lowest BCUT2D eigenvalue weighted by Crippen LogP contribution is -2.07. The zero-order valence-electron chi connectivity index (χ0n) is 12.3. The van der Waals surface area contributed by atoms with Crippen LogP contribution in [0.2, 0.25) is 5.02 Å². The third kappa shape index (κ3) is 2.16. The van der Waals surface area contributed by atoms with Crippen LogP contribution in [0, 0.1) is 6.92 Å². The van der Waals surface area contributed by atoms with Crippen LogP contribution in [-0.4, -0.2) is 14.5 Å². The van der Waals surface area contributed by atoms with E-state index in [1.807, 2.05) is 35.8 Å². The maximum absolute atomic E-state index is 6.31. The second-order valence-corrected chi connectivity index (χ2v) is 5.76. The molecular weight excluding hydrogens is 284 g/mol. The summed E-state index contributed by atoms with van der Waals surface area (Å²) < 4.78 is 2.03. The minimum atomic E-state index is 0.262. The van der Waals surface area contributed by atoms with Gasteiger partial charge in [0.05, 0.1) is 10.5 Å². The number of pyridine rings is 1. The smallest absolute Gasteiger partial charge is 0.132 e. The van der Waals surface area contributed by atoms with E-state index in [0.717, 1.165) is 28.0 Å². The lowest BCUT2D eigenvalue weighted by Gasteiger charge is -2.12. The van der Waals surface area contributed by atoms with Gasteiger partial charge in [-0.2, -0.15) is 0 Å². The highest BCUT2D eigenvalue weighted by molar-refractivity contribution is 6.35. The molecule has 0 saturated heterocycles. The Morgan fingerprint density at radius 2 is 2.00 bits per heavy atom. The summed E-state index contributed by atoms with van der Waals surface area (Å²) in [4.78, 5) is 9.09. The summed E-state index contributed by atoms with van der Waals surface area (Å²) in [5.41, 5.74) is 8.81. The second kappa shape index (κ2) is 5.04. The fourth-order valence-corrected chi connectivity index (χ4v) is 2.96. The van der Waals surface area contributed by atoms with Crippen molar-refractivity contribution in [3.05, 3.63) is 41.3 Å². The number of anilines is 1. The minimum absolute atomic E-state index is 0.262. The molecule has 4 nitrogen and oxygen atoms in total. The van der Waals surface area contributed by atoms with Gasteiger partial charge < -0.3 is 10.3 Å².